The topological polar surface area (TPSA) is 86.6 Å². The molecule has 3 N–H and O–H groups in total. The van der Waals surface area contributed by atoms with Crippen LogP contribution < -0.4 is 4.72 Å². The summed E-state index contributed by atoms with van der Waals surface area (Å²) in [7, 11) is -3.66. The fourth-order valence-electron chi connectivity index (χ4n) is 1.01. The van der Waals surface area contributed by atoms with Crippen LogP contribution in [0.1, 0.15) is 0 Å². The number of hydrogen-bond acceptors (Lipinski definition) is 4. The summed E-state index contributed by atoms with van der Waals surface area (Å²) in [5, 5.41) is 17.6. The van der Waals surface area contributed by atoms with E-state index in [0.29, 0.717) is 4.47 Å². The van der Waals surface area contributed by atoms with Crippen molar-refractivity contribution in [2.45, 2.75) is 11.0 Å². The molecule has 0 amide bonds. The van der Waals surface area contributed by atoms with Gasteiger partial charge in [0, 0.05) is 11.0 Å². The van der Waals surface area contributed by atoms with Crippen molar-refractivity contribution in [2.24, 2.45) is 0 Å². The second kappa shape index (κ2) is 5.74. The Bertz CT molecular complexity index is 449. The first kappa shape index (κ1) is 13.6. The highest BCUT2D eigenvalue weighted by Crippen LogP contribution is 2.20. The van der Waals surface area contributed by atoms with Crippen molar-refractivity contribution in [3.05, 3.63) is 28.7 Å². The maximum absolute atomic E-state index is 11.7. The van der Waals surface area contributed by atoms with Gasteiger partial charge in [0.1, 0.15) is 0 Å². The predicted octanol–water partition coefficient (Wildman–Crippen LogP) is 0.0806. The molecule has 0 spiro atoms. The molecule has 5 nitrogen and oxygen atoms in total. The van der Waals surface area contributed by atoms with E-state index in [0.717, 1.165) is 0 Å². The molecule has 7 heteroatoms. The van der Waals surface area contributed by atoms with Gasteiger partial charge in [-0.2, -0.15) is 0 Å². The Balaban J connectivity index is 2.83. The van der Waals surface area contributed by atoms with Crippen molar-refractivity contribution in [2.75, 3.05) is 13.2 Å². The van der Waals surface area contributed by atoms with E-state index in [2.05, 4.69) is 20.7 Å². The Morgan fingerprint density at radius 2 is 2.00 bits per heavy atom. The van der Waals surface area contributed by atoms with E-state index in [-0.39, 0.29) is 11.4 Å². The smallest absolute Gasteiger partial charge is 0.241 e. The van der Waals surface area contributed by atoms with E-state index in [1.54, 1.807) is 18.2 Å². The number of halogens is 1. The Labute approximate surface area is 102 Å². The molecule has 0 saturated heterocycles. The van der Waals surface area contributed by atoms with Gasteiger partial charge < -0.3 is 10.2 Å². The minimum absolute atomic E-state index is 0.0974. The molecule has 0 aliphatic rings. The molecule has 0 bridgehead atoms. The zero-order chi connectivity index (χ0) is 12.2. The Morgan fingerprint density at radius 3 is 2.56 bits per heavy atom. The zero-order valence-corrected chi connectivity index (χ0v) is 10.7. The minimum Gasteiger partial charge on any atom is -0.394 e. The third kappa shape index (κ3) is 3.53. The molecule has 0 saturated carbocycles. The van der Waals surface area contributed by atoms with Crippen molar-refractivity contribution in [3.63, 3.8) is 0 Å². The molecule has 16 heavy (non-hydrogen) atoms. The Kier molecular flexibility index (Phi) is 4.88. The quantitative estimate of drug-likeness (QED) is 0.719. The maximum atomic E-state index is 11.7. The monoisotopic (exact) mass is 309 g/mol. The lowest BCUT2D eigenvalue weighted by Crippen LogP contribution is -2.34. The molecule has 0 aromatic heterocycles. The summed E-state index contributed by atoms with van der Waals surface area (Å²) in [6.07, 6.45) is -1.10. The van der Waals surface area contributed by atoms with Gasteiger partial charge in [-0.15, -0.1) is 0 Å². The average Bonchev–Trinajstić information content (AvgIpc) is 2.26. The number of sulfonamides is 1. The number of benzene rings is 1. The first-order chi connectivity index (χ1) is 7.47. The summed E-state index contributed by atoms with van der Waals surface area (Å²) in [5.41, 5.74) is 0. The summed E-state index contributed by atoms with van der Waals surface area (Å²) in [6.45, 7) is -0.710. The van der Waals surface area contributed by atoms with Gasteiger partial charge in [-0.3, -0.25) is 0 Å². The van der Waals surface area contributed by atoms with Gasteiger partial charge >= 0.3 is 0 Å². The highest BCUT2D eigenvalue weighted by molar-refractivity contribution is 9.10. The summed E-state index contributed by atoms with van der Waals surface area (Å²) < 4.78 is 26.1. The van der Waals surface area contributed by atoms with Gasteiger partial charge in [-0.25, -0.2) is 13.1 Å². The van der Waals surface area contributed by atoms with Crippen LogP contribution in [0.2, 0.25) is 0 Å². The highest BCUT2D eigenvalue weighted by atomic mass is 79.9. The lowest BCUT2D eigenvalue weighted by molar-refractivity contribution is 0.0988. The molecule has 0 aliphatic carbocycles. The van der Waals surface area contributed by atoms with E-state index in [4.69, 9.17) is 10.2 Å². The van der Waals surface area contributed by atoms with Crippen LogP contribution in [0.5, 0.6) is 0 Å². The molecule has 1 aromatic carbocycles. The SMILES string of the molecule is O=S(=O)(NC[C@@H](O)CO)c1ccccc1Br. The van der Waals surface area contributed by atoms with Crippen LogP contribution in [-0.4, -0.2) is 37.9 Å². The van der Waals surface area contributed by atoms with Crippen LogP contribution in [0.3, 0.4) is 0 Å². The lowest BCUT2D eigenvalue weighted by atomic mass is 10.4. The minimum atomic E-state index is -3.66. The van der Waals surface area contributed by atoms with Gasteiger partial charge in [0.15, 0.2) is 0 Å². The van der Waals surface area contributed by atoms with Crippen molar-refractivity contribution >= 4 is 26.0 Å². The van der Waals surface area contributed by atoms with E-state index in [1.165, 1.54) is 6.07 Å². The van der Waals surface area contributed by atoms with Crippen molar-refractivity contribution in [1.29, 1.82) is 0 Å². The fraction of sp³-hybridized carbons (Fsp3) is 0.333. The fourth-order valence-corrected chi connectivity index (χ4v) is 3.08. The molecule has 0 fully saturated rings. The van der Waals surface area contributed by atoms with Crippen LogP contribution in [0.25, 0.3) is 0 Å². The number of aliphatic hydroxyl groups excluding tert-OH is 2. The van der Waals surface area contributed by atoms with Gasteiger partial charge in [0.05, 0.1) is 17.6 Å². The predicted molar refractivity (Wildman–Crippen MR) is 62.4 cm³/mol. The van der Waals surface area contributed by atoms with Crippen LogP contribution in [0.4, 0.5) is 0 Å². The molecule has 0 heterocycles. The highest BCUT2D eigenvalue weighted by Gasteiger charge is 2.17. The Hall–Kier alpha value is -0.470. The number of hydrogen-bond donors (Lipinski definition) is 3. The van der Waals surface area contributed by atoms with E-state index in [9.17, 15) is 8.42 Å². The Morgan fingerprint density at radius 1 is 1.38 bits per heavy atom. The molecule has 0 aliphatic heterocycles. The summed E-state index contributed by atoms with van der Waals surface area (Å²) >= 11 is 3.13. The molecular weight excluding hydrogens is 298 g/mol. The normalized spacial score (nSPS) is 13.7. The molecule has 1 rings (SSSR count). The second-order valence-electron chi connectivity index (χ2n) is 3.12. The first-order valence-corrected chi connectivity index (χ1v) is 6.78. The maximum Gasteiger partial charge on any atom is 0.241 e. The van der Waals surface area contributed by atoms with Crippen molar-refractivity contribution in [1.82, 2.24) is 4.72 Å². The molecule has 0 unspecified atom stereocenters. The standard InChI is InChI=1S/C9H12BrNO4S/c10-8-3-1-2-4-9(8)16(14,15)11-5-7(13)6-12/h1-4,7,11-13H,5-6H2/t7-/m1/s1. The molecule has 1 atom stereocenters. The number of aliphatic hydroxyl groups is 2. The molecule has 1 aromatic rings. The first-order valence-electron chi connectivity index (χ1n) is 4.50. The van der Waals surface area contributed by atoms with E-state index in [1.807, 2.05) is 0 Å². The summed E-state index contributed by atoms with van der Waals surface area (Å²) in [6, 6.07) is 6.35. The van der Waals surface area contributed by atoms with Crippen LogP contribution in [0, 0.1) is 0 Å². The van der Waals surface area contributed by atoms with Crippen molar-refractivity contribution < 1.29 is 18.6 Å². The van der Waals surface area contributed by atoms with Gasteiger partial charge in [-0.05, 0) is 28.1 Å². The molecule has 90 valence electrons. The number of rotatable bonds is 5. The third-order valence-corrected chi connectivity index (χ3v) is 4.28. The third-order valence-electron chi connectivity index (χ3n) is 1.85. The lowest BCUT2D eigenvalue weighted by Gasteiger charge is -2.10. The summed E-state index contributed by atoms with van der Waals surface area (Å²) in [4.78, 5) is 0.0974. The van der Waals surface area contributed by atoms with E-state index >= 15 is 0 Å². The van der Waals surface area contributed by atoms with Crippen molar-refractivity contribution in [3.8, 4) is 0 Å². The van der Waals surface area contributed by atoms with Crippen LogP contribution >= 0.6 is 15.9 Å². The molecular formula is C9H12BrNO4S. The zero-order valence-electron chi connectivity index (χ0n) is 8.30. The molecule has 0 radical (unpaired) electrons. The van der Waals surface area contributed by atoms with Gasteiger partial charge in [0.25, 0.3) is 0 Å². The van der Waals surface area contributed by atoms with Crippen LogP contribution in [-0.2, 0) is 10.0 Å². The van der Waals surface area contributed by atoms with Gasteiger partial charge in [-0.1, -0.05) is 12.1 Å². The van der Waals surface area contributed by atoms with E-state index < -0.39 is 22.7 Å². The van der Waals surface area contributed by atoms with Gasteiger partial charge in [0.2, 0.25) is 10.0 Å². The number of nitrogens with one attached hydrogen (secondary N) is 1. The summed E-state index contributed by atoms with van der Waals surface area (Å²) in [5.74, 6) is 0. The largest absolute Gasteiger partial charge is 0.394 e. The average molecular weight is 310 g/mol. The van der Waals surface area contributed by atoms with Crippen LogP contribution in [0.15, 0.2) is 33.6 Å². The second-order valence-corrected chi connectivity index (χ2v) is 5.71.